The number of hydrogen-bond acceptors (Lipinski definition) is 9. The lowest BCUT2D eigenvalue weighted by Crippen LogP contribution is -2.46. The Labute approximate surface area is 194 Å². The molecule has 0 amide bonds. The molecule has 6 unspecified atom stereocenters. The van der Waals surface area contributed by atoms with Crippen LogP contribution in [0.25, 0.3) is 0 Å². The maximum atomic E-state index is 13.3. The van der Waals surface area contributed by atoms with Gasteiger partial charge in [0.15, 0.2) is 9.84 Å². The molecule has 0 radical (unpaired) electrons. The zero-order valence-electron chi connectivity index (χ0n) is 19.1. The van der Waals surface area contributed by atoms with Gasteiger partial charge >= 0.3 is 17.9 Å². The van der Waals surface area contributed by atoms with Crippen molar-refractivity contribution < 1.29 is 37.0 Å². The van der Waals surface area contributed by atoms with Crippen molar-refractivity contribution in [3.63, 3.8) is 0 Å². The minimum Gasteiger partial charge on any atom is -0.459 e. The molecule has 5 aliphatic rings. The molecule has 33 heavy (non-hydrogen) atoms. The van der Waals surface area contributed by atoms with Crippen LogP contribution in [0.3, 0.4) is 0 Å². The van der Waals surface area contributed by atoms with Crippen molar-refractivity contribution in [2.24, 2.45) is 23.7 Å². The number of fused-ring (bicyclic) bond motifs is 1. The zero-order valence-corrected chi connectivity index (χ0v) is 19.9. The van der Waals surface area contributed by atoms with E-state index < -0.39 is 45.5 Å². The van der Waals surface area contributed by atoms with E-state index in [2.05, 4.69) is 0 Å². The third-order valence-corrected chi connectivity index (χ3v) is 10.2. The molecule has 0 N–H and O–H groups in total. The predicted molar refractivity (Wildman–Crippen MR) is 116 cm³/mol. The lowest BCUT2D eigenvalue weighted by molar-refractivity contribution is -0.175. The molecule has 3 aliphatic carbocycles. The number of carbonyl (C=O) groups is 3. The van der Waals surface area contributed by atoms with Gasteiger partial charge in [0.1, 0.15) is 17.8 Å². The van der Waals surface area contributed by atoms with E-state index in [9.17, 15) is 22.8 Å². The van der Waals surface area contributed by atoms with E-state index in [1.807, 2.05) is 11.8 Å². The molecule has 0 aromatic carbocycles. The second-order valence-corrected chi connectivity index (χ2v) is 12.7. The monoisotopic (exact) mass is 483 g/mol. The van der Waals surface area contributed by atoms with Gasteiger partial charge in [0.05, 0.1) is 29.8 Å². The van der Waals surface area contributed by atoms with Crippen LogP contribution >= 0.6 is 0 Å². The number of hydrogen-bond donors (Lipinski definition) is 0. The molecule has 2 saturated heterocycles. The lowest BCUT2D eigenvalue weighted by atomic mass is 9.78. The van der Waals surface area contributed by atoms with Crippen LogP contribution in [-0.4, -0.2) is 80.2 Å². The van der Waals surface area contributed by atoms with E-state index in [1.165, 1.54) is 0 Å². The number of sulfone groups is 1. The van der Waals surface area contributed by atoms with Gasteiger partial charge < -0.3 is 19.1 Å². The number of rotatable bonds is 7. The first-order valence-corrected chi connectivity index (χ1v) is 14.1. The predicted octanol–water partition coefficient (Wildman–Crippen LogP) is 1.09. The van der Waals surface area contributed by atoms with Gasteiger partial charge in [-0.15, -0.1) is 0 Å². The third kappa shape index (κ3) is 4.17. The fourth-order valence-corrected chi connectivity index (χ4v) is 8.01. The molecule has 2 aliphatic heterocycles. The van der Waals surface area contributed by atoms with Gasteiger partial charge in [0.2, 0.25) is 0 Å². The molecule has 5 fully saturated rings. The standard InChI is InChI=1S/C23H33NO8S/c1-2-23(6-3-4-7-23)32-22(27)18-15-13-14-17(18)21(26)31-20(14)19(15)30-16(25)5-8-24-9-11-33(28,29)12-10-24/h14-15,17-20H,2-13H2,1H3. The molecule has 6 atom stereocenters. The van der Waals surface area contributed by atoms with Gasteiger partial charge in [-0.05, 0) is 38.5 Å². The summed E-state index contributed by atoms with van der Waals surface area (Å²) in [5.41, 5.74) is -0.436. The largest absolute Gasteiger partial charge is 0.459 e. The summed E-state index contributed by atoms with van der Waals surface area (Å²) in [7, 11) is -2.97. The number of esters is 3. The summed E-state index contributed by atoms with van der Waals surface area (Å²) < 4.78 is 40.5. The molecule has 0 aromatic heterocycles. The summed E-state index contributed by atoms with van der Waals surface area (Å²) in [6.07, 6.45) is 4.19. The molecular formula is C23H33NO8S. The van der Waals surface area contributed by atoms with Crippen LogP contribution in [0.2, 0.25) is 0 Å². The van der Waals surface area contributed by atoms with Crippen LogP contribution in [0.15, 0.2) is 0 Å². The van der Waals surface area contributed by atoms with Gasteiger partial charge in [-0.25, -0.2) is 8.42 Å². The van der Waals surface area contributed by atoms with Gasteiger partial charge in [-0.3, -0.25) is 14.4 Å². The SMILES string of the molecule is CCC1(OC(=O)C2C3CC4C(OC(=O)C42)C3OC(=O)CCN2CCS(=O)(=O)CC2)CCCC1. The quantitative estimate of drug-likeness (QED) is 0.387. The van der Waals surface area contributed by atoms with Crippen LogP contribution in [0.5, 0.6) is 0 Å². The fraction of sp³-hybridized carbons (Fsp3) is 0.870. The second kappa shape index (κ2) is 8.52. The van der Waals surface area contributed by atoms with Crippen molar-refractivity contribution in [1.82, 2.24) is 4.90 Å². The average Bonchev–Trinajstić information content (AvgIpc) is 3.51. The van der Waals surface area contributed by atoms with Crippen LogP contribution in [-0.2, 0) is 38.4 Å². The highest BCUT2D eigenvalue weighted by atomic mass is 32.2. The smallest absolute Gasteiger partial charge is 0.310 e. The first-order chi connectivity index (χ1) is 15.7. The Morgan fingerprint density at radius 3 is 2.52 bits per heavy atom. The molecular weight excluding hydrogens is 450 g/mol. The topological polar surface area (TPSA) is 116 Å². The fourth-order valence-electron chi connectivity index (χ4n) is 6.73. The van der Waals surface area contributed by atoms with E-state index in [-0.39, 0.29) is 41.7 Å². The van der Waals surface area contributed by atoms with E-state index in [1.54, 1.807) is 0 Å². The van der Waals surface area contributed by atoms with Crippen molar-refractivity contribution in [2.45, 2.75) is 69.7 Å². The summed E-state index contributed by atoms with van der Waals surface area (Å²) >= 11 is 0. The average molecular weight is 484 g/mol. The van der Waals surface area contributed by atoms with Crippen LogP contribution in [0.1, 0.15) is 51.9 Å². The van der Waals surface area contributed by atoms with Crippen LogP contribution < -0.4 is 0 Å². The summed E-state index contributed by atoms with van der Waals surface area (Å²) in [6.45, 7) is 3.28. The molecule has 9 nitrogen and oxygen atoms in total. The van der Waals surface area contributed by atoms with Crippen molar-refractivity contribution in [3.8, 4) is 0 Å². The molecule has 5 rings (SSSR count). The molecule has 0 aromatic rings. The maximum absolute atomic E-state index is 13.3. The zero-order chi connectivity index (χ0) is 23.4. The normalized spacial score (nSPS) is 38.3. The van der Waals surface area contributed by atoms with Gasteiger partial charge in [0, 0.05) is 31.5 Å². The molecule has 0 spiro atoms. The van der Waals surface area contributed by atoms with Crippen LogP contribution in [0.4, 0.5) is 0 Å². The highest BCUT2D eigenvalue weighted by Crippen LogP contribution is 2.59. The minimum atomic E-state index is -2.97. The molecule has 184 valence electrons. The number of nitrogens with zero attached hydrogens (tertiary/aromatic N) is 1. The van der Waals surface area contributed by atoms with Crippen molar-refractivity contribution in [2.75, 3.05) is 31.1 Å². The first-order valence-electron chi connectivity index (χ1n) is 12.3. The van der Waals surface area contributed by atoms with E-state index in [0.717, 1.165) is 32.1 Å². The number of carbonyl (C=O) groups excluding carboxylic acids is 3. The maximum Gasteiger partial charge on any atom is 0.310 e. The first kappa shape index (κ1) is 23.1. The Hall–Kier alpha value is -1.68. The Kier molecular flexibility index (Phi) is 5.96. The minimum absolute atomic E-state index is 0.105. The summed E-state index contributed by atoms with van der Waals surface area (Å²) in [5.74, 6) is -2.39. The molecule has 3 saturated carbocycles. The van der Waals surface area contributed by atoms with E-state index in [0.29, 0.717) is 26.1 Å². The van der Waals surface area contributed by atoms with Gasteiger partial charge in [-0.2, -0.15) is 0 Å². The summed E-state index contributed by atoms with van der Waals surface area (Å²) in [6, 6.07) is 0. The highest BCUT2D eigenvalue weighted by Gasteiger charge is 2.70. The Morgan fingerprint density at radius 2 is 1.85 bits per heavy atom. The van der Waals surface area contributed by atoms with Crippen molar-refractivity contribution >= 4 is 27.7 Å². The summed E-state index contributed by atoms with van der Waals surface area (Å²) in [5, 5.41) is 0. The van der Waals surface area contributed by atoms with E-state index >= 15 is 0 Å². The summed E-state index contributed by atoms with van der Waals surface area (Å²) in [4.78, 5) is 40.4. The van der Waals surface area contributed by atoms with Gasteiger partial charge in [-0.1, -0.05) is 6.92 Å². The Bertz CT molecular complexity index is 913. The Balaban J connectivity index is 1.22. The second-order valence-electron chi connectivity index (χ2n) is 10.4. The van der Waals surface area contributed by atoms with E-state index in [4.69, 9.17) is 14.2 Å². The highest BCUT2D eigenvalue weighted by molar-refractivity contribution is 7.91. The third-order valence-electron chi connectivity index (χ3n) is 8.63. The molecule has 10 heteroatoms. The number of ether oxygens (including phenoxy) is 3. The van der Waals surface area contributed by atoms with Gasteiger partial charge in [0.25, 0.3) is 0 Å². The van der Waals surface area contributed by atoms with Crippen molar-refractivity contribution in [1.29, 1.82) is 0 Å². The van der Waals surface area contributed by atoms with Crippen LogP contribution in [0, 0.1) is 23.7 Å². The molecule has 2 bridgehead atoms. The molecule has 2 heterocycles. The lowest BCUT2D eigenvalue weighted by Gasteiger charge is -2.34. The Morgan fingerprint density at radius 1 is 1.15 bits per heavy atom. The van der Waals surface area contributed by atoms with Crippen molar-refractivity contribution in [3.05, 3.63) is 0 Å².